The molecule has 1 spiro atoms. The van der Waals surface area contributed by atoms with Crippen LogP contribution in [0.15, 0.2) is 28.7 Å². The first-order chi connectivity index (χ1) is 10.0. The average Bonchev–Trinajstić information content (AvgIpc) is 2.68. The Hall–Kier alpha value is -1.36. The van der Waals surface area contributed by atoms with E-state index in [4.69, 9.17) is 0 Å². The van der Waals surface area contributed by atoms with Crippen molar-refractivity contribution in [3.05, 3.63) is 34.3 Å². The summed E-state index contributed by atoms with van der Waals surface area (Å²) in [5.41, 5.74) is 0.414. The Labute approximate surface area is 133 Å². The molecule has 112 valence electrons. The zero-order valence-electron chi connectivity index (χ0n) is 12.1. The molecule has 1 aromatic carbocycles. The molecule has 0 atom stereocenters. The van der Waals surface area contributed by atoms with Gasteiger partial charge in [-0.25, -0.2) is 4.79 Å². The van der Waals surface area contributed by atoms with E-state index in [1.165, 1.54) is 0 Å². The molecule has 3 amide bonds. The molecule has 1 aliphatic heterocycles. The van der Waals surface area contributed by atoms with Crippen LogP contribution < -0.4 is 5.32 Å². The van der Waals surface area contributed by atoms with Gasteiger partial charge in [-0.3, -0.25) is 10.1 Å². The number of amides is 3. The van der Waals surface area contributed by atoms with Gasteiger partial charge >= 0.3 is 6.03 Å². The van der Waals surface area contributed by atoms with Crippen molar-refractivity contribution in [2.75, 3.05) is 0 Å². The van der Waals surface area contributed by atoms with E-state index in [0.29, 0.717) is 12.5 Å². The van der Waals surface area contributed by atoms with Gasteiger partial charge in [0.2, 0.25) is 0 Å². The fourth-order valence-electron chi connectivity index (χ4n) is 3.33. The fourth-order valence-corrected chi connectivity index (χ4v) is 3.59. The van der Waals surface area contributed by atoms with E-state index < -0.39 is 5.54 Å². The molecular formula is C16H19BrN2O2. The number of rotatable bonds is 2. The summed E-state index contributed by atoms with van der Waals surface area (Å²) in [7, 11) is 0. The van der Waals surface area contributed by atoms with Crippen molar-refractivity contribution in [2.24, 2.45) is 5.92 Å². The van der Waals surface area contributed by atoms with Crippen LogP contribution in [0.4, 0.5) is 4.79 Å². The standard InChI is InChI=1S/C16H19BrN2O2/c1-11-6-8-16(9-7-11)14(20)18-15(21)19(16)10-12-2-4-13(17)5-3-12/h2-5,11H,6-10H2,1H3,(H,18,20,21). The number of carbonyl (C=O) groups is 2. The normalized spacial score (nSPS) is 29.0. The minimum absolute atomic E-state index is 0.114. The lowest BCUT2D eigenvalue weighted by Gasteiger charge is -2.40. The van der Waals surface area contributed by atoms with E-state index in [-0.39, 0.29) is 11.9 Å². The van der Waals surface area contributed by atoms with E-state index in [0.717, 1.165) is 35.7 Å². The Kier molecular flexibility index (Phi) is 3.78. The van der Waals surface area contributed by atoms with E-state index in [1.807, 2.05) is 24.3 Å². The first-order valence-corrected chi connectivity index (χ1v) is 8.18. The number of urea groups is 1. The second-order valence-corrected chi connectivity index (χ2v) is 7.10. The van der Waals surface area contributed by atoms with Crippen molar-refractivity contribution in [1.29, 1.82) is 0 Å². The van der Waals surface area contributed by atoms with Gasteiger partial charge in [0, 0.05) is 11.0 Å². The largest absolute Gasteiger partial charge is 0.325 e. The molecule has 2 fully saturated rings. The third-order valence-corrected chi connectivity index (χ3v) is 5.29. The summed E-state index contributed by atoms with van der Waals surface area (Å²) >= 11 is 3.41. The second kappa shape index (κ2) is 5.44. The monoisotopic (exact) mass is 350 g/mol. The van der Waals surface area contributed by atoms with Gasteiger partial charge in [0.15, 0.2) is 0 Å². The Morgan fingerprint density at radius 1 is 1.24 bits per heavy atom. The molecule has 0 bridgehead atoms. The molecule has 1 aromatic rings. The molecule has 1 saturated heterocycles. The maximum Gasteiger partial charge on any atom is 0.325 e. The molecule has 0 aromatic heterocycles. The van der Waals surface area contributed by atoms with Crippen LogP contribution in [0.2, 0.25) is 0 Å². The molecule has 1 heterocycles. The van der Waals surface area contributed by atoms with Crippen LogP contribution in [-0.2, 0) is 11.3 Å². The third-order valence-electron chi connectivity index (χ3n) is 4.76. The lowest BCUT2D eigenvalue weighted by Crippen LogP contribution is -2.51. The number of imide groups is 1. The van der Waals surface area contributed by atoms with E-state index in [9.17, 15) is 9.59 Å². The van der Waals surface area contributed by atoms with Crippen LogP contribution in [0.25, 0.3) is 0 Å². The first-order valence-electron chi connectivity index (χ1n) is 7.39. The molecule has 0 radical (unpaired) electrons. The summed E-state index contributed by atoms with van der Waals surface area (Å²) in [6.45, 7) is 2.69. The molecule has 3 rings (SSSR count). The van der Waals surface area contributed by atoms with Gasteiger partial charge < -0.3 is 4.90 Å². The van der Waals surface area contributed by atoms with Crippen LogP contribution in [0.3, 0.4) is 0 Å². The summed E-state index contributed by atoms with van der Waals surface area (Å²) < 4.78 is 1.01. The van der Waals surface area contributed by atoms with Gasteiger partial charge in [0.05, 0.1) is 0 Å². The quantitative estimate of drug-likeness (QED) is 0.830. The molecule has 1 N–H and O–H groups in total. The van der Waals surface area contributed by atoms with E-state index >= 15 is 0 Å². The minimum atomic E-state index is -0.628. The predicted octanol–water partition coefficient (Wildman–Crippen LogP) is 3.45. The minimum Gasteiger partial charge on any atom is -0.305 e. The molecule has 21 heavy (non-hydrogen) atoms. The zero-order chi connectivity index (χ0) is 15.0. The summed E-state index contributed by atoms with van der Waals surface area (Å²) in [5.74, 6) is 0.519. The first kappa shape index (κ1) is 14.6. The lowest BCUT2D eigenvalue weighted by atomic mass is 9.76. The van der Waals surface area contributed by atoms with Gasteiger partial charge in [-0.15, -0.1) is 0 Å². The van der Waals surface area contributed by atoms with Crippen LogP contribution in [0.1, 0.15) is 38.2 Å². The van der Waals surface area contributed by atoms with Gasteiger partial charge in [-0.2, -0.15) is 0 Å². The SMILES string of the molecule is CC1CCC2(CC1)C(=O)NC(=O)N2Cc1ccc(Br)cc1. The maximum atomic E-state index is 12.3. The summed E-state index contributed by atoms with van der Waals surface area (Å²) in [6, 6.07) is 7.64. The molecule has 2 aliphatic rings. The highest BCUT2D eigenvalue weighted by molar-refractivity contribution is 9.10. The van der Waals surface area contributed by atoms with E-state index in [2.05, 4.69) is 28.2 Å². The summed E-state index contributed by atoms with van der Waals surface area (Å²) in [5, 5.41) is 2.51. The van der Waals surface area contributed by atoms with Gasteiger partial charge in [0.25, 0.3) is 5.91 Å². The lowest BCUT2D eigenvalue weighted by molar-refractivity contribution is -0.128. The zero-order valence-corrected chi connectivity index (χ0v) is 13.6. The highest BCUT2D eigenvalue weighted by Gasteiger charge is 2.53. The average molecular weight is 351 g/mol. The van der Waals surface area contributed by atoms with Crippen molar-refractivity contribution in [1.82, 2.24) is 10.2 Å². The van der Waals surface area contributed by atoms with Crippen LogP contribution in [-0.4, -0.2) is 22.4 Å². The van der Waals surface area contributed by atoms with Crippen LogP contribution >= 0.6 is 15.9 Å². The molecule has 5 heteroatoms. The Morgan fingerprint density at radius 2 is 1.86 bits per heavy atom. The molecule has 4 nitrogen and oxygen atoms in total. The predicted molar refractivity (Wildman–Crippen MR) is 83.6 cm³/mol. The number of hydrogen-bond donors (Lipinski definition) is 1. The smallest absolute Gasteiger partial charge is 0.305 e. The number of hydrogen-bond acceptors (Lipinski definition) is 2. The number of nitrogens with zero attached hydrogens (tertiary/aromatic N) is 1. The van der Waals surface area contributed by atoms with Crippen LogP contribution in [0.5, 0.6) is 0 Å². The third kappa shape index (κ3) is 2.59. The topological polar surface area (TPSA) is 49.4 Å². The highest BCUT2D eigenvalue weighted by Crippen LogP contribution is 2.40. The Bertz CT molecular complexity index is 562. The highest BCUT2D eigenvalue weighted by atomic mass is 79.9. The van der Waals surface area contributed by atoms with Crippen molar-refractivity contribution in [3.63, 3.8) is 0 Å². The van der Waals surface area contributed by atoms with Crippen molar-refractivity contribution < 1.29 is 9.59 Å². The molecule has 1 aliphatic carbocycles. The van der Waals surface area contributed by atoms with Crippen molar-refractivity contribution in [3.8, 4) is 0 Å². The molecule has 0 unspecified atom stereocenters. The molecule has 1 saturated carbocycles. The van der Waals surface area contributed by atoms with Gasteiger partial charge in [-0.1, -0.05) is 35.0 Å². The fraction of sp³-hybridized carbons (Fsp3) is 0.500. The van der Waals surface area contributed by atoms with Crippen molar-refractivity contribution in [2.45, 2.75) is 44.7 Å². The summed E-state index contributed by atoms with van der Waals surface area (Å²) in [6.07, 6.45) is 3.53. The maximum absolute atomic E-state index is 12.3. The van der Waals surface area contributed by atoms with Crippen LogP contribution in [0, 0.1) is 5.92 Å². The van der Waals surface area contributed by atoms with Crippen molar-refractivity contribution >= 4 is 27.9 Å². The summed E-state index contributed by atoms with van der Waals surface area (Å²) in [4.78, 5) is 26.3. The number of benzene rings is 1. The second-order valence-electron chi connectivity index (χ2n) is 6.19. The Balaban J connectivity index is 1.85. The molecular weight excluding hydrogens is 332 g/mol. The number of nitrogens with one attached hydrogen (secondary N) is 1. The Morgan fingerprint density at radius 3 is 2.48 bits per heavy atom. The van der Waals surface area contributed by atoms with Gasteiger partial charge in [0.1, 0.15) is 5.54 Å². The van der Waals surface area contributed by atoms with E-state index in [1.54, 1.807) is 4.90 Å². The number of carbonyl (C=O) groups excluding carboxylic acids is 2. The van der Waals surface area contributed by atoms with Gasteiger partial charge in [-0.05, 0) is 49.3 Å². The number of halogens is 1.